The van der Waals surface area contributed by atoms with Crippen molar-refractivity contribution in [1.29, 1.82) is 0 Å². The van der Waals surface area contributed by atoms with Crippen LogP contribution in [-0.4, -0.2) is 53.8 Å². The lowest BCUT2D eigenvalue weighted by atomic mass is 10.0. The number of benzene rings is 2. The number of nitrogens with one attached hydrogen (secondary N) is 1. The number of anilines is 1. The van der Waals surface area contributed by atoms with Gasteiger partial charge in [0.15, 0.2) is 23.0 Å². The third-order valence-corrected chi connectivity index (χ3v) is 7.05. The number of rotatable bonds is 10. The Morgan fingerprint density at radius 1 is 0.774 bits per heavy atom. The van der Waals surface area contributed by atoms with Crippen molar-refractivity contribution in [2.24, 2.45) is 0 Å². The van der Waals surface area contributed by atoms with Crippen LogP contribution in [0.2, 0.25) is 0 Å². The molecule has 31 heavy (non-hydrogen) atoms. The molecule has 0 amide bonds. The van der Waals surface area contributed by atoms with Crippen LogP contribution in [0.4, 0.5) is 5.69 Å². The van der Waals surface area contributed by atoms with Gasteiger partial charge in [-0.1, -0.05) is 0 Å². The minimum Gasteiger partial charge on any atom is -0.493 e. The summed E-state index contributed by atoms with van der Waals surface area (Å²) in [6.07, 6.45) is 2.06. The summed E-state index contributed by atoms with van der Waals surface area (Å²) in [5.41, 5.74) is 3.14. The van der Waals surface area contributed by atoms with Gasteiger partial charge in [-0.15, -0.1) is 11.8 Å². The van der Waals surface area contributed by atoms with Gasteiger partial charge in [-0.25, -0.2) is 0 Å². The molecule has 1 aliphatic rings. The molecule has 0 bridgehead atoms. The Labute approximate surface area is 188 Å². The van der Waals surface area contributed by atoms with E-state index in [4.69, 9.17) is 23.7 Å². The van der Waals surface area contributed by atoms with Gasteiger partial charge in [0.25, 0.3) is 0 Å². The molecule has 0 spiro atoms. The average molecular weight is 450 g/mol. The molecule has 2 aromatic rings. The Morgan fingerprint density at radius 3 is 1.71 bits per heavy atom. The first-order valence-corrected chi connectivity index (χ1v) is 11.1. The van der Waals surface area contributed by atoms with E-state index in [1.807, 2.05) is 30.0 Å². The van der Waals surface area contributed by atoms with Crippen LogP contribution < -0.4 is 29.0 Å². The first-order chi connectivity index (χ1) is 15.1. The van der Waals surface area contributed by atoms with Crippen molar-refractivity contribution >= 4 is 17.4 Å². The number of methoxy groups -OCH3 is 5. The molecule has 8 heteroatoms. The second-order valence-corrected chi connectivity index (χ2v) is 8.51. The van der Waals surface area contributed by atoms with Gasteiger partial charge in [-0.2, -0.15) is 0 Å². The Bertz CT molecular complexity index is 866. The molecule has 0 aliphatic carbocycles. The van der Waals surface area contributed by atoms with E-state index in [1.165, 1.54) is 0 Å². The van der Waals surface area contributed by atoms with Gasteiger partial charge in [-0.05, 0) is 48.2 Å². The molecule has 1 heterocycles. The van der Waals surface area contributed by atoms with Gasteiger partial charge in [0, 0.05) is 17.0 Å². The molecule has 2 N–H and O–H groups in total. The summed E-state index contributed by atoms with van der Waals surface area (Å²) in [5.74, 6) is 3.26. The van der Waals surface area contributed by atoms with E-state index in [2.05, 4.69) is 11.4 Å². The maximum atomic E-state index is 9.21. The monoisotopic (exact) mass is 449 g/mol. The lowest BCUT2D eigenvalue weighted by Crippen LogP contribution is -2.08. The Kier molecular flexibility index (Phi) is 8.03. The van der Waals surface area contributed by atoms with E-state index in [-0.39, 0.29) is 6.61 Å². The van der Waals surface area contributed by atoms with Gasteiger partial charge in [0.2, 0.25) is 5.75 Å². The second kappa shape index (κ2) is 10.7. The summed E-state index contributed by atoms with van der Waals surface area (Å²) in [7, 11) is 8.14. The van der Waals surface area contributed by atoms with Crippen LogP contribution >= 0.6 is 11.8 Å². The second-order valence-electron chi connectivity index (χ2n) is 7.10. The highest BCUT2D eigenvalue weighted by Crippen LogP contribution is 2.55. The Balaban J connectivity index is 1.88. The summed E-state index contributed by atoms with van der Waals surface area (Å²) in [6, 6.07) is 8.19. The maximum Gasteiger partial charge on any atom is 0.203 e. The van der Waals surface area contributed by atoms with Crippen molar-refractivity contribution in [3.63, 3.8) is 0 Å². The molecule has 1 saturated heterocycles. The number of aliphatic hydroxyl groups is 1. The van der Waals surface area contributed by atoms with Crippen LogP contribution in [0.25, 0.3) is 0 Å². The highest BCUT2D eigenvalue weighted by Gasteiger charge is 2.30. The van der Waals surface area contributed by atoms with E-state index < -0.39 is 0 Å². The van der Waals surface area contributed by atoms with Crippen molar-refractivity contribution in [2.45, 2.75) is 23.3 Å². The third-order valence-electron chi connectivity index (χ3n) is 5.38. The van der Waals surface area contributed by atoms with E-state index in [1.54, 1.807) is 35.5 Å². The highest BCUT2D eigenvalue weighted by atomic mass is 32.2. The zero-order valence-electron chi connectivity index (χ0n) is 18.7. The largest absolute Gasteiger partial charge is 0.493 e. The first-order valence-electron chi connectivity index (χ1n) is 10.2. The van der Waals surface area contributed by atoms with Gasteiger partial charge in [0.1, 0.15) is 0 Å². The predicted molar refractivity (Wildman–Crippen MR) is 124 cm³/mol. The Morgan fingerprint density at radius 2 is 1.26 bits per heavy atom. The molecule has 0 saturated carbocycles. The molecule has 2 aromatic carbocycles. The fraction of sp³-hybridized carbons (Fsp3) is 0.478. The summed E-state index contributed by atoms with van der Waals surface area (Å²) < 4.78 is 27.6. The fourth-order valence-corrected chi connectivity index (χ4v) is 5.44. The van der Waals surface area contributed by atoms with E-state index in [9.17, 15) is 5.11 Å². The summed E-state index contributed by atoms with van der Waals surface area (Å²) in [4.78, 5) is 0. The smallest absolute Gasteiger partial charge is 0.203 e. The number of thioether (sulfide) groups is 1. The zero-order valence-corrected chi connectivity index (χ0v) is 19.5. The van der Waals surface area contributed by atoms with Crippen LogP contribution in [0.15, 0.2) is 24.3 Å². The van der Waals surface area contributed by atoms with E-state index in [0.717, 1.165) is 29.7 Å². The molecular formula is C23H31NO6S. The molecule has 2 atom stereocenters. The minimum atomic E-state index is 0.0388. The average Bonchev–Trinajstić information content (AvgIpc) is 3.31. The quantitative estimate of drug-likeness (QED) is 0.551. The van der Waals surface area contributed by atoms with E-state index >= 15 is 0 Å². The maximum absolute atomic E-state index is 9.21. The van der Waals surface area contributed by atoms with Crippen LogP contribution in [0.5, 0.6) is 28.7 Å². The summed E-state index contributed by atoms with van der Waals surface area (Å²) >= 11 is 1.91. The lowest BCUT2D eigenvalue weighted by molar-refractivity contribution is 0.310. The predicted octanol–water partition coefficient (Wildman–Crippen LogP) is 4.44. The summed E-state index contributed by atoms with van der Waals surface area (Å²) in [5, 5.41) is 13.1. The zero-order chi connectivity index (χ0) is 22.4. The lowest BCUT2D eigenvalue weighted by Gasteiger charge is -2.19. The molecule has 170 valence electrons. The van der Waals surface area contributed by atoms with Gasteiger partial charge >= 0.3 is 0 Å². The minimum absolute atomic E-state index is 0.0388. The fourth-order valence-electron chi connectivity index (χ4n) is 3.91. The van der Waals surface area contributed by atoms with Crippen LogP contribution in [-0.2, 0) is 0 Å². The first kappa shape index (κ1) is 23.2. The van der Waals surface area contributed by atoms with Crippen molar-refractivity contribution in [3.8, 4) is 28.7 Å². The molecule has 3 rings (SSSR count). The molecule has 0 aromatic heterocycles. The molecule has 7 nitrogen and oxygen atoms in total. The normalized spacial score (nSPS) is 17.9. The van der Waals surface area contributed by atoms with Crippen molar-refractivity contribution in [1.82, 2.24) is 0 Å². The van der Waals surface area contributed by atoms with E-state index in [0.29, 0.717) is 45.8 Å². The van der Waals surface area contributed by atoms with Crippen LogP contribution in [0, 0.1) is 0 Å². The Hall–Kier alpha value is -2.45. The number of ether oxygens (including phenoxy) is 5. The van der Waals surface area contributed by atoms with Gasteiger partial charge in [-0.3, -0.25) is 0 Å². The number of hydrogen-bond acceptors (Lipinski definition) is 8. The summed E-state index contributed by atoms with van der Waals surface area (Å²) in [6.45, 7) is 0.478. The number of aliphatic hydroxyl groups excluding tert-OH is 1. The molecule has 0 radical (unpaired) electrons. The topological polar surface area (TPSA) is 78.4 Å². The third kappa shape index (κ3) is 4.91. The molecular weight excluding hydrogens is 418 g/mol. The molecule has 1 fully saturated rings. The van der Waals surface area contributed by atoms with Gasteiger partial charge < -0.3 is 34.1 Å². The van der Waals surface area contributed by atoms with Crippen molar-refractivity contribution < 1.29 is 28.8 Å². The van der Waals surface area contributed by atoms with Crippen LogP contribution in [0.3, 0.4) is 0 Å². The van der Waals surface area contributed by atoms with Crippen LogP contribution in [0.1, 0.15) is 34.5 Å². The highest BCUT2D eigenvalue weighted by molar-refractivity contribution is 8.00. The molecule has 1 aliphatic heterocycles. The number of hydrogen-bond donors (Lipinski definition) is 2. The standard InChI is InChI=1S/C23H31NO6S/c1-26-17-11-14(10-16(22(17)29-4)24-8-9-25)20-6-7-21(31-20)15-12-18(27-2)23(30-5)19(13-15)28-3/h10-13,20-21,24-25H,6-9H2,1-5H3. The van der Waals surface area contributed by atoms with Gasteiger partial charge in [0.05, 0.1) is 47.8 Å². The van der Waals surface area contributed by atoms with Crippen molar-refractivity contribution in [2.75, 3.05) is 54.0 Å². The van der Waals surface area contributed by atoms with Crippen molar-refractivity contribution in [3.05, 3.63) is 35.4 Å². The molecule has 2 unspecified atom stereocenters. The SMILES string of the molecule is COc1cc(C2CCC(c3cc(OC)c(OC)c(OC)c3)S2)cc(NCCO)c1OC.